The van der Waals surface area contributed by atoms with Crippen LogP contribution in [-0.4, -0.2) is 15.9 Å². The molecule has 0 saturated heterocycles. The van der Waals surface area contributed by atoms with Gasteiger partial charge in [-0.3, -0.25) is 0 Å². The van der Waals surface area contributed by atoms with Gasteiger partial charge in [-0.15, -0.1) is 22.7 Å². The molecule has 0 spiro atoms. The van der Waals surface area contributed by atoms with Crippen LogP contribution in [0.4, 0.5) is 0 Å². The number of ether oxygens (including phenoxy) is 2. The summed E-state index contributed by atoms with van der Waals surface area (Å²) in [5.41, 5.74) is 3.23. The van der Waals surface area contributed by atoms with E-state index in [2.05, 4.69) is 9.97 Å². The molecule has 0 amide bonds. The smallest absolute Gasteiger partial charge is 0.358 e. The molecule has 2 aromatic carbocycles. The van der Waals surface area contributed by atoms with E-state index in [0.717, 1.165) is 27.0 Å². The predicted octanol–water partition coefficient (Wildman–Crippen LogP) is 5.51. The first-order chi connectivity index (χ1) is 14.2. The minimum atomic E-state index is -0.461. The molecule has 146 valence electrons. The molecular formula is C22H18N2O3S2. The SMILES string of the molecule is Cc1ccc(OCc2nc(C(=O)OCc3csc(-c4ccccc4)n3)cs2)cc1. The third-order valence-electron chi connectivity index (χ3n) is 4.07. The molecule has 5 nitrogen and oxygen atoms in total. The Labute approximate surface area is 176 Å². The minimum Gasteiger partial charge on any atom is -0.486 e. The molecule has 2 aromatic heterocycles. The highest BCUT2D eigenvalue weighted by Gasteiger charge is 2.14. The quantitative estimate of drug-likeness (QED) is 0.368. The molecule has 0 unspecified atom stereocenters. The second-order valence-corrected chi connectivity index (χ2v) is 8.12. The minimum absolute atomic E-state index is 0.120. The summed E-state index contributed by atoms with van der Waals surface area (Å²) >= 11 is 2.90. The molecule has 4 aromatic rings. The van der Waals surface area contributed by atoms with Crippen molar-refractivity contribution in [3.05, 3.63) is 87.3 Å². The van der Waals surface area contributed by atoms with Gasteiger partial charge in [-0.2, -0.15) is 0 Å². The Kier molecular flexibility index (Phi) is 5.97. The standard InChI is InChI=1S/C22H18N2O3S2/c1-15-7-9-18(10-8-15)26-12-20-24-19(14-28-20)22(25)27-11-17-13-29-21(23-17)16-5-3-2-4-6-16/h2-10,13-14H,11-12H2,1H3. The van der Waals surface area contributed by atoms with Gasteiger partial charge in [-0.25, -0.2) is 14.8 Å². The van der Waals surface area contributed by atoms with Crippen LogP contribution in [0, 0.1) is 6.92 Å². The van der Waals surface area contributed by atoms with Gasteiger partial charge in [0.2, 0.25) is 0 Å². The summed E-state index contributed by atoms with van der Waals surface area (Å²) in [4.78, 5) is 21.1. The molecule has 0 aliphatic heterocycles. The number of esters is 1. The van der Waals surface area contributed by atoms with Gasteiger partial charge >= 0.3 is 5.97 Å². The van der Waals surface area contributed by atoms with Crippen LogP contribution in [-0.2, 0) is 18.0 Å². The molecule has 0 aliphatic rings. The molecule has 0 fully saturated rings. The highest BCUT2D eigenvalue weighted by Crippen LogP contribution is 2.24. The maximum absolute atomic E-state index is 12.3. The zero-order chi connectivity index (χ0) is 20.1. The summed E-state index contributed by atoms with van der Waals surface area (Å²) in [7, 11) is 0. The number of thiazole rings is 2. The van der Waals surface area contributed by atoms with E-state index in [1.165, 1.54) is 28.2 Å². The van der Waals surface area contributed by atoms with E-state index in [-0.39, 0.29) is 12.3 Å². The lowest BCUT2D eigenvalue weighted by molar-refractivity contribution is 0.0462. The Morgan fingerprint density at radius 3 is 2.52 bits per heavy atom. The molecule has 0 radical (unpaired) electrons. The molecule has 0 saturated carbocycles. The molecule has 0 bridgehead atoms. The number of hydrogen-bond acceptors (Lipinski definition) is 7. The summed E-state index contributed by atoms with van der Waals surface area (Å²) in [6, 6.07) is 17.7. The number of nitrogens with zero attached hydrogens (tertiary/aromatic N) is 2. The molecule has 4 rings (SSSR count). The fourth-order valence-corrected chi connectivity index (χ4v) is 4.04. The van der Waals surface area contributed by atoms with Crippen LogP contribution in [0.1, 0.15) is 26.8 Å². The van der Waals surface area contributed by atoms with E-state index in [0.29, 0.717) is 6.61 Å². The first-order valence-corrected chi connectivity index (χ1v) is 10.7. The Hall–Kier alpha value is -3.03. The molecule has 0 atom stereocenters. The van der Waals surface area contributed by atoms with Crippen LogP contribution in [0.2, 0.25) is 0 Å². The van der Waals surface area contributed by atoms with Crippen molar-refractivity contribution in [1.29, 1.82) is 0 Å². The number of rotatable bonds is 7. The summed E-state index contributed by atoms with van der Waals surface area (Å²) in [6.07, 6.45) is 0. The zero-order valence-corrected chi connectivity index (χ0v) is 17.3. The van der Waals surface area contributed by atoms with E-state index in [1.54, 1.807) is 5.38 Å². The van der Waals surface area contributed by atoms with Gasteiger partial charge in [0.1, 0.15) is 29.0 Å². The number of aryl methyl sites for hydroxylation is 1. The van der Waals surface area contributed by atoms with Crippen molar-refractivity contribution in [2.24, 2.45) is 0 Å². The molecule has 7 heteroatoms. The number of carbonyl (C=O) groups excluding carboxylic acids is 1. The van der Waals surface area contributed by atoms with Crippen molar-refractivity contribution >= 4 is 28.6 Å². The fraction of sp³-hybridized carbons (Fsp3) is 0.136. The van der Waals surface area contributed by atoms with Crippen LogP contribution in [0.25, 0.3) is 10.6 Å². The van der Waals surface area contributed by atoms with E-state index in [9.17, 15) is 4.79 Å². The normalized spacial score (nSPS) is 10.7. The lowest BCUT2D eigenvalue weighted by Crippen LogP contribution is -2.06. The first kappa shape index (κ1) is 19.3. The van der Waals surface area contributed by atoms with Crippen LogP contribution < -0.4 is 4.74 Å². The van der Waals surface area contributed by atoms with Crippen molar-refractivity contribution < 1.29 is 14.3 Å². The number of carbonyl (C=O) groups is 1. The van der Waals surface area contributed by atoms with Crippen molar-refractivity contribution in [1.82, 2.24) is 9.97 Å². The first-order valence-electron chi connectivity index (χ1n) is 8.98. The maximum atomic E-state index is 12.3. The average molecular weight is 423 g/mol. The number of hydrogen-bond donors (Lipinski definition) is 0. The van der Waals surface area contributed by atoms with Gasteiger partial charge in [0.05, 0.1) is 5.69 Å². The third kappa shape index (κ3) is 5.07. The van der Waals surface area contributed by atoms with E-state index in [4.69, 9.17) is 9.47 Å². The number of aromatic nitrogens is 2. The monoisotopic (exact) mass is 422 g/mol. The van der Waals surface area contributed by atoms with Crippen LogP contribution in [0.3, 0.4) is 0 Å². The lowest BCUT2D eigenvalue weighted by atomic mass is 10.2. The predicted molar refractivity (Wildman–Crippen MR) is 114 cm³/mol. The molecule has 2 heterocycles. The Balaban J connectivity index is 1.30. The molecule has 29 heavy (non-hydrogen) atoms. The van der Waals surface area contributed by atoms with Gasteiger partial charge in [-0.1, -0.05) is 48.0 Å². The van der Waals surface area contributed by atoms with Crippen LogP contribution in [0.15, 0.2) is 65.4 Å². The maximum Gasteiger partial charge on any atom is 0.358 e. The van der Waals surface area contributed by atoms with Crippen LogP contribution in [0.5, 0.6) is 5.75 Å². The van der Waals surface area contributed by atoms with Gasteiger partial charge in [-0.05, 0) is 19.1 Å². The van der Waals surface area contributed by atoms with Crippen LogP contribution >= 0.6 is 22.7 Å². The molecule has 0 N–H and O–H groups in total. The Morgan fingerprint density at radius 2 is 1.72 bits per heavy atom. The molecular weight excluding hydrogens is 404 g/mol. The zero-order valence-electron chi connectivity index (χ0n) is 15.7. The second-order valence-electron chi connectivity index (χ2n) is 6.31. The van der Waals surface area contributed by atoms with Crippen molar-refractivity contribution in [2.45, 2.75) is 20.1 Å². The van der Waals surface area contributed by atoms with Crippen molar-refractivity contribution in [3.63, 3.8) is 0 Å². The summed E-state index contributed by atoms with van der Waals surface area (Å²) in [5.74, 6) is 0.310. The molecule has 0 aliphatic carbocycles. The summed E-state index contributed by atoms with van der Waals surface area (Å²) in [6.45, 7) is 2.46. The fourth-order valence-electron chi connectivity index (χ4n) is 2.55. The van der Waals surface area contributed by atoms with E-state index >= 15 is 0 Å². The lowest BCUT2D eigenvalue weighted by Gasteiger charge is -2.04. The van der Waals surface area contributed by atoms with E-state index in [1.807, 2.05) is 66.9 Å². The van der Waals surface area contributed by atoms with Crippen molar-refractivity contribution in [2.75, 3.05) is 0 Å². The van der Waals surface area contributed by atoms with Gasteiger partial charge < -0.3 is 9.47 Å². The van der Waals surface area contributed by atoms with Gasteiger partial charge in [0, 0.05) is 16.3 Å². The average Bonchev–Trinajstić information content (AvgIpc) is 3.42. The Morgan fingerprint density at radius 1 is 0.931 bits per heavy atom. The van der Waals surface area contributed by atoms with Crippen molar-refractivity contribution in [3.8, 4) is 16.3 Å². The second kappa shape index (κ2) is 8.98. The highest BCUT2D eigenvalue weighted by atomic mass is 32.1. The van der Waals surface area contributed by atoms with Gasteiger partial charge in [0.25, 0.3) is 0 Å². The summed E-state index contributed by atoms with van der Waals surface area (Å²) < 4.78 is 11.1. The Bertz CT molecular complexity index is 1090. The third-order valence-corrected chi connectivity index (χ3v) is 5.83. The largest absolute Gasteiger partial charge is 0.486 e. The van der Waals surface area contributed by atoms with Gasteiger partial charge in [0.15, 0.2) is 5.69 Å². The topological polar surface area (TPSA) is 61.3 Å². The van der Waals surface area contributed by atoms with E-state index < -0.39 is 5.97 Å². The summed E-state index contributed by atoms with van der Waals surface area (Å²) in [5, 5.41) is 5.21. The highest BCUT2D eigenvalue weighted by molar-refractivity contribution is 7.13. The number of benzene rings is 2.